The Hall–Kier alpha value is -1.62. The third kappa shape index (κ3) is 3.92. The van der Waals surface area contributed by atoms with Gasteiger partial charge in [0, 0.05) is 6.54 Å². The van der Waals surface area contributed by atoms with E-state index in [9.17, 15) is 8.78 Å². The van der Waals surface area contributed by atoms with E-state index in [1.54, 1.807) is 24.3 Å². The largest absolute Gasteiger partial charge is 0.491 e. The molecule has 0 radical (unpaired) electrons. The molecule has 2 aromatic rings. The molecular weight excluding hydrogens is 316 g/mol. The second-order valence-electron chi connectivity index (χ2n) is 3.83. The second-order valence-corrected chi connectivity index (χ2v) is 4.68. The minimum absolute atomic E-state index is 0.300. The van der Waals surface area contributed by atoms with Crippen molar-refractivity contribution in [1.82, 2.24) is 0 Å². The highest BCUT2D eigenvalue weighted by atomic mass is 79.9. The predicted octanol–water partition coefficient (Wildman–Crippen LogP) is 4.22. The van der Waals surface area contributed by atoms with E-state index in [1.807, 2.05) is 0 Å². The lowest BCUT2D eigenvalue weighted by Gasteiger charge is -2.10. The first-order valence-corrected chi connectivity index (χ1v) is 6.52. The first-order valence-electron chi connectivity index (χ1n) is 5.73. The van der Waals surface area contributed by atoms with Gasteiger partial charge in [-0.1, -0.05) is 12.1 Å². The van der Waals surface area contributed by atoms with Gasteiger partial charge in [0.05, 0.1) is 10.2 Å². The van der Waals surface area contributed by atoms with E-state index in [2.05, 4.69) is 21.2 Å². The summed E-state index contributed by atoms with van der Waals surface area (Å²) in [5, 5.41) is 2.92. The molecule has 19 heavy (non-hydrogen) atoms. The van der Waals surface area contributed by atoms with Crippen molar-refractivity contribution in [3.05, 3.63) is 58.6 Å². The number of hydrogen-bond acceptors (Lipinski definition) is 2. The maximum atomic E-state index is 13.3. The standard InChI is InChI=1S/C14H12BrF2NO/c15-11-9-10(16)5-6-14(11)19-8-7-18-13-4-2-1-3-12(13)17/h1-6,9,18H,7-8H2. The number of nitrogens with one attached hydrogen (secondary N) is 1. The Bertz CT molecular complexity index is 563. The van der Waals surface area contributed by atoms with Crippen LogP contribution in [0.15, 0.2) is 46.9 Å². The highest BCUT2D eigenvalue weighted by Gasteiger charge is 2.03. The minimum atomic E-state index is -0.330. The molecule has 0 bridgehead atoms. The summed E-state index contributed by atoms with van der Waals surface area (Å²) in [5.41, 5.74) is 0.435. The average molecular weight is 328 g/mol. The Morgan fingerprint density at radius 2 is 1.89 bits per heavy atom. The number of hydrogen-bond donors (Lipinski definition) is 1. The fraction of sp³-hybridized carbons (Fsp3) is 0.143. The van der Waals surface area contributed by atoms with Crippen molar-refractivity contribution in [2.45, 2.75) is 0 Å². The summed E-state index contributed by atoms with van der Waals surface area (Å²) in [5.74, 6) is -0.0779. The van der Waals surface area contributed by atoms with Gasteiger partial charge in [-0.2, -0.15) is 0 Å². The SMILES string of the molecule is Fc1ccc(OCCNc2ccccc2F)c(Br)c1. The zero-order valence-corrected chi connectivity index (χ0v) is 11.6. The smallest absolute Gasteiger partial charge is 0.146 e. The van der Waals surface area contributed by atoms with Crippen LogP contribution in [0.5, 0.6) is 5.75 Å². The minimum Gasteiger partial charge on any atom is -0.491 e. The first-order chi connectivity index (χ1) is 9.16. The Morgan fingerprint density at radius 1 is 1.11 bits per heavy atom. The summed E-state index contributed by atoms with van der Waals surface area (Å²) in [6.45, 7) is 0.795. The highest BCUT2D eigenvalue weighted by Crippen LogP contribution is 2.25. The molecule has 0 atom stereocenters. The molecule has 0 saturated carbocycles. The van der Waals surface area contributed by atoms with E-state index in [0.717, 1.165) is 0 Å². The number of anilines is 1. The number of benzene rings is 2. The van der Waals surface area contributed by atoms with Crippen molar-refractivity contribution in [2.24, 2.45) is 0 Å². The quantitative estimate of drug-likeness (QED) is 0.830. The summed E-state index contributed by atoms with van der Waals surface area (Å²) in [6, 6.07) is 10.6. The predicted molar refractivity (Wildman–Crippen MR) is 74.5 cm³/mol. The Kier molecular flexibility index (Phi) is 4.74. The van der Waals surface area contributed by atoms with Gasteiger partial charge in [-0.3, -0.25) is 0 Å². The molecule has 2 nitrogen and oxygen atoms in total. The monoisotopic (exact) mass is 327 g/mol. The van der Waals surface area contributed by atoms with Crippen LogP contribution in [0.3, 0.4) is 0 Å². The van der Waals surface area contributed by atoms with E-state index in [-0.39, 0.29) is 11.6 Å². The molecule has 0 aliphatic carbocycles. The van der Waals surface area contributed by atoms with Gasteiger partial charge >= 0.3 is 0 Å². The molecule has 5 heteroatoms. The van der Waals surface area contributed by atoms with Gasteiger partial charge in [0.2, 0.25) is 0 Å². The van der Waals surface area contributed by atoms with Crippen LogP contribution >= 0.6 is 15.9 Å². The summed E-state index contributed by atoms with van der Waals surface area (Å²) in [7, 11) is 0. The summed E-state index contributed by atoms with van der Waals surface area (Å²) in [4.78, 5) is 0. The number of rotatable bonds is 5. The van der Waals surface area contributed by atoms with Crippen molar-refractivity contribution in [2.75, 3.05) is 18.5 Å². The Balaban J connectivity index is 1.83. The lowest BCUT2D eigenvalue weighted by Crippen LogP contribution is -2.12. The molecule has 100 valence electrons. The van der Waals surface area contributed by atoms with Gasteiger partial charge in [0.25, 0.3) is 0 Å². The zero-order valence-electron chi connectivity index (χ0n) is 10.00. The zero-order chi connectivity index (χ0) is 13.7. The molecule has 0 aliphatic rings. The Labute approximate surface area is 118 Å². The van der Waals surface area contributed by atoms with E-state index in [1.165, 1.54) is 18.2 Å². The summed E-state index contributed by atoms with van der Waals surface area (Å²) >= 11 is 3.21. The Morgan fingerprint density at radius 3 is 2.63 bits per heavy atom. The lowest BCUT2D eigenvalue weighted by molar-refractivity contribution is 0.330. The van der Waals surface area contributed by atoms with Gasteiger partial charge < -0.3 is 10.1 Å². The van der Waals surface area contributed by atoms with E-state index >= 15 is 0 Å². The average Bonchev–Trinajstić information content (AvgIpc) is 2.38. The molecule has 0 amide bonds. The molecule has 0 unspecified atom stereocenters. The maximum absolute atomic E-state index is 13.3. The summed E-state index contributed by atoms with van der Waals surface area (Å²) in [6.07, 6.45) is 0. The molecule has 0 aromatic heterocycles. The fourth-order valence-corrected chi connectivity index (χ4v) is 2.01. The van der Waals surface area contributed by atoms with Gasteiger partial charge in [-0.15, -0.1) is 0 Å². The van der Waals surface area contributed by atoms with Crippen LogP contribution in [0, 0.1) is 11.6 Å². The van der Waals surface area contributed by atoms with Crippen molar-refractivity contribution in [3.8, 4) is 5.75 Å². The van der Waals surface area contributed by atoms with Crippen LogP contribution in [0.4, 0.5) is 14.5 Å². The van der Waals surface area contributed by atoms with Gasteiger partial charge in [-0.25, -0.2) is 8.78 Å². The fourth-order valence-electron chi connectivity index (χ4n) is 1.54. The van der Waals surface area contributed by atoms with E-state index < -0.39 is 0 Å². The molecule has 0 spiro atoms. The molecule has 2 rings (SSSR count). The number of para-hydroxylation sites is 1. The molecule has 0 aliphatic heterocycles. The molecule has 1 N–H and O–H groups in total. The molecular formula is C14H12BrF2NO. The van der Waals surface area contributed by atoms with Crippen LogP contribution in [-0.4, -0.2) is 13.2 Å². The number of ether oxygens (including phenoxy) is 1. The van der Waals surface area contributed by atoms with Crippen LogP contribution in [0.1, 0.15) is 0 Å². The van der Waals surface area contributed by atoms with Crippen molar-refractivity contribution < 1.29 is 13.5 Å². The normalized spacial score (nSPS) is 10.3. The molecule has 0 saturated heterocycles. The molecule has 2 aromatic carbocycles. The van der Waals surface area contributed by atoms with Crippen LogP contribution in [-0.2, 0) is 0 Å². The van der Waals surface area contributed by atoms with Crippen molar-refractivity contribution >= 4 is 21.6 Å². The van der Waals surface area contributed by atoms with Crippen molar-refractivity contribution in [1.29, 1.82) is 0 Å². The maximum Gasteiger partial charge on any atom is 0.146 e. The van der Waals surface area contributed by atoms with Crippen molar-refractivity contribution in [3.63, 3.8) is 0 Å². The van der Waals surface area contributed by atoms with E-state index in [4.69, 9.17) is 4.74 Å². The van der Waals surface area contributed by atoms with Crippen LogP contribution in [0.25, 0.3) is 0 Å². The van der Waals surface area contributed by atoms with Crippen LogP contribution in [0.2, 0.25) is 0 Å². The van der Waals surface area contributed by atoms with Gasteiger partial charge in [0.15, 0.2) is 0 Å². The molecule has 0 fully saturated rings. The third-order valence-corrected chi connectivity index (χ3v) is 3.06. The van der Waals surface area contributed by atoms with Crippen LogP contribution < -0.4 is 10.1 Å². The van der Waals surface area contributed by atoms with E-state index in [0.29, 0.717) is 29.1 Å². The highest BCUT2D eigenvalue weighted by molar-refractivity contribution is 9.10. The number of halogens is 3. The van der Waals surface area contributed by atoms with Gasteiger partial charge in [-0.05, 0) is 46.3 Å². The topological polar surface area (TPSA) is 21.3 Å². The summed E-state index contributed by atoms with van der Waals surface area (Å²) < 4.78 is 32.2. The third-order valence-electron chi connectivity index (χ3n) is 2.44. The van der Waals surface area contributed by atoms with Gasteiger partial charge in [0.1, 0.15) is 24.0 Å². The first kappa shape index (κ1) is 13.8. The lowest BCUT2D eigenvalue weighted by atomic mass is 10.3. The second kappa shape index (κ2) is 6.52. The molecule has 0 heterocycles.